The molecule has 1 N–H and O–H groups in total. The van der Waals surface area contributed by atoms with Gasteiger partial charge in [0.15, 0.2) is 0 Å². The molecule has 0 aliphatic rings. The maximum atomic E-state index is 13.4. The number of nitrogens with zero attached hydrogens (tertiary/aromatic N) is 1. The van der Waals surface area contributed by atoms with Gasteiger partial charge >= 0.3 is 0 Å². The first-order valence-electron chi connectivity index (χ1n) is 4.47. The van der Waals surface area contributed by atoms with Gasteiger partial charge in [-0.1, -0.05) is 0 Å². The van der Waals surface area contributed by atoms with Crippen molar-refractivity contribution in [3.8, 4) is 0 Å². The van der Waals surface area contributed by atoms with E-state index in [2.05, 4.69) is 4.98 Å². The zero-order valence-electron chi connectivity index (χ0n) is 8.28. The van der Waals surface area contributed by atoms with E-state index in [0.717, 1.165) is 6.07 Å². The minimum absolute atomic E-state index is 0.0522. The predicted octanol–water partition coefficient (Wildman–Crippen LogP) is 1.88. The Morgan fingerprint density at radius 1 is 1.44 bits per heavy atom. The van der Waals surface area contributed by atoms with Gasteiger partial charge in [-0.05, 0) is 18.6 Å². The van der Waals surface area contributed by atoms with Crippen LogP contribution in [0.15, 0.2) is 23.0 Å². The highest BCUT2D eigenvalue weighted by molar-refractivity contribution is 5.89. The summed E-state index contributed by atoms with van der Waals surface area (Å²) < 4.78 is 13.4. The average molecular weight is 222 g/mol. The van der Waals surface area contributed by atoms with E-state index in [0.29, 0.717) is 5.39 Å². The van der Waals surface area contributed by atoms with Gasteiger partial charge in [-0.15, -0.1) is 0 Å². The molecule has 0 spiro atoms. The summed E-state index contributed by atoms with van der Waals surface area (Å²) in [5.41, 5.74) is -0.564. The molecule has 0 aliphatic carbocycles. The Morgan fingerprint density at radius 3 is 2.75 bits per heavy atom. The largest absolute Gasteiger partial charge is 0.316 e. The van der Waals surface area contributed by atoms with Crippen LogP contribution in [0.4, 0.5) is 10.1 Å². The normalized spacial score (nSPS) is 10.6. The Kier molecular flexibility index (Phi) is 2.19. The van der Waals surface area contributed by atoms with E-state index >= 15 is 0 Å². The lowest BCUT2D eigenvalue weighted by Crippen LogP contribution is -2.05. The van der Waals surface area contributed by atoms with E-state index in [1.807, 2.05) is 0 Å². The maximum Gasteiger partial charge on any atom is 0.296 e. The van der Waals surface area contributed by atoms with Crippen molar-refractivity contribution in [2.45, 2.75) is 6.92 Å². The molecule has 0 aliphatic heterocycles. The lowest BCUT2D eigenvalue weighted by atomic mass is 10.1. The van der Waals surface area contributed by atoms with Gasteiger partial charge in [0.05, 0.1) is 11.0 Å². The van der Waals surface area contributed by atoms with Crippen LogP contribution in [0.25, 0.3) is 10.9 Å². The highest BCUT2D eigenvalue weighted by Gasteiger charge is 2.17. The van der Waals surface area contributed by atoms with E-state index in [1.165, 1.54) is 19.1 Å². The summed E-state index contributed by atoms with van der Waals surface area (Å²) in [7, 11) is 0. The van der Waals surface area contributed by atoms with E-state index in [4.69, 9.17) is 0 Å². The predicted molar refractivity (Wildman–Crippen MR) is 55.9 cm³/mol. The van der Waals surface area contributed by atoms with Crippen LogP contribution < -0.4 is 5.56 Å². The third-order valence-corrected chi connectivity index (χ3v) is 2.40. The molecule has 1 aromatic heterocycles. The van der Waals surface area contributed by atoms with E-state index in [1.54, 1.807) is 0 Å². The van der Waals surface area contributed by atoms with E-state index in [-0.39, 0.29) is 11.1 Å². The number of halogens is 1. The Bertz CT molecular complexity index is 648. The molecule has 0 saturated carbocycles. The Hall–Kier alpha value is -2.24. The Morgan fingerprint density at radius 2 is 2.12 bits per heavy atom. The molecule has 5 nitrogen and oxygen atoms in total. The Labute approximate surface area is 88.7 Å². The van der Waals surface area contributed by atoms with Crippen LogP contribution in [0.1, 0.15) is 5.56 Å². The molecule has 82 valence electrons. The zero-order valence-corrected chi connectivity index (χ0v) is 8.28. The first kappa shape index (κ1) is 10.3. The van der Waals surface area contributed by atoms with Gasteiger partial charge in [0.25, 0.3) is 5.69 Å². The van der Waals surface area contributed by atoms with Gasteiger partial charge in [-0.25, -0.2) is 4.39 Å². The summed E-state index contributed by atoms with van der Waals surface area (Å²) in [6, 6.07) is 3.39. The third kappa shape index (κ3) is 1.44. The van der Waals surface area contributed by atoms with Crippen LogP contribution in [0.5, 0.6) is 0 Å². The van der Waals surface area contributed by atoms with Gasteiger partial charge < -0.3 is 4.98 Å². The number of non-ortho nitro benzene ring substituents is 1. The van der Waals surface area contributed by atoms with Crippen molar-refractivity contribution in [2.75, 3.05) is 0 Å². The van der Waals surface area contributed by atoms with Gasteiger partial charge in [0.1, 0.15) is 11.3 Å². The second-order valence-electron chi connectivity index (χ2n) is 3.37. The first-order chi connectivity index (χ1) is 7.50. The van der Waals surface area contributed by atoms with Crippen LogP contribution in [-0.2, 0) is 0 Å². The Balaban J connectivity index is 3.01. The molecule has 0 radical (unpaired) electrons. The van der Waals surface area contributed by atoms with Gasteiger partial charge in [-0.2, -0.15) is 0 Å². The average Bonchev–Trinajstić information content (AvgIpc) is 2.22. The van der Waals surface area contributed by atoms with Crippen molar-refractivity contribution in [3.05, 3.63) is 50.0 Å². The van der Waals surface area contributed by atoms with Gasteiger partial charge in [0, 0.05) is 11.5 Å². The minimum atomic E-state index is -0.721. The summed E-state index contributed by atoms with van der Waals surface area (Å²) in [5.74, 6) is -0.661. The summed E-state index contributed by atoms with van der Waals surface area (Å²) in [4.78, 5) is 23.4. The third-order valence-electron chi connectivity index (χ3n) is 2.40. The van der Waals surface area contributed by atoms with Crippen molar-refractivity contribution >= 4 is 16.6 Å². The standard InChI is InChI=1S/C10H7FN2O3/c1-5-6-2-3-9(14)12-10(6)8(13(15)16)4-7(5)11/h2-4H,1H3,(H,12,14). The number of hydrogen-bond donors (Lipinski definition) is 1. The lowest BCUT2D eigenvalue weighted by molar-refractivity contribution is -0.383. The highest BCUT2D eigenvalue weighted by atomic mass is 19.1. The number of rotatable bonds is 1. The number of H-pyrrole nitrogens is 1. The van der Waals surface area contributed by atoms with Crippen LogP contribution in [0.3, 0.4) is 0 Å². The van der Waals surface area contributed by atoms with Gasteiger partial charge in [-0.3, -0.25) is 14.9 Å². The van der Waals surface area contributed by atoms with Crippen LogP contribution in [-0.4, -0.2) is 9.91 Å². The fourth-order valence-electron chi connectivity index (χ4n) is 1.56. The molecule has 0 fully saturated rings. The van der Waals surface area contributed by atoms with E-state index in [9.17, 15) is 19.3 Å². The van der Waals surface area contributed by atoms with Crippen LogP contribution in [0, 0.1) is 22.9 Å². The number of aromatic nitrogens is 1. The zero-order chi connectivity index (χ0) is 11.9. The molecule has 0 saturated heterocycles. The van der Waals surface area contributed by atoms with Crippen molar-refractivity contribution < 1.29 is 9.31 Å². The number of nitrogens with one attached hydrogen (secondary N) is 1. The number of fused-ring (bicyclic) bond motifs is 1. The quantitative estimate of drug-likeness (QED) is 0.591. The second-order valence-corrected chi connectivity index (χ2v) is 3.37. The fourth-order valence-corrected chi connectivity index (χ4v) is 1.56. The van der Waals surface area contributed by atoms with Crippen molar-refractivity contribution in [1.29, 1.82) is 0 Å². The summed E-state index contributed by atoms with van der Waals surface area (Å²) in [5, 5.41) is 11.0. The molecule has 2 rings (SSSR count). The summed E-state index contributed by atoms with van der Waals surface area (Å²) in [6.07, 6.45) is 0. The number of hydrogen-bond acceptors (Lipinski definition) is 3. The maximum absolute atomic E-state index is 13.4. The molecular weight excluding hydrogens is 215 g/mol. The summed E-state index contributed by atoms with van der Waals surface area (Å²) in [6.45, 7) is 1.50. The molecule has 6 heteroatoms. The number of benzene rings is 1. The molecule has 0 amide bonds. The smallest absolute Gasteiger partial charge is 0.296 e. The van der Waals surface area contributed by atoms with Crippen LogP contribution in [0.2, 0.25) is 0 Å². The highest BCUT2D eigenvalue weighted by Crippen LogP contribution is 2.27. The lowest BCUT2D eigenvalue weighted by Gasteiger charge is -2.03. The van der Waals surface area contributed by atoms with Crippen molar-refractivity contribution in [3.63, 3.8) is 0 Å². The van der Waals surface area contributed by atoms with E-state index < -0.39 is 22.0 Å². The number of aromatic amines is 1. The number of pyridine rings is 1. The summed E-state index contributed by atoms with van der Waals surface area (Å²) >= 11 is 0. The monoisotopic (exact) mass is 222 g/mol. The second kappa shape index (κ2) is 3.41. The molecular formula is C10H7FN2O3. The fraction of sp³-hybridized carbons (Fsp3) is 0.100. The van der Waals surface area contributed by atoms with Gasteiger partial charge in [0.2, 0.25) is 5.56 Å². The van der Waals surface area contributed by atoms with Crippen molar-refractivity contribution in [2.24, 2.45) is 0 Å². The molecule has 0 atom stereocenters. The molecule has 2 aromatic rings. The number of nitro benzene ring substituents is 1. The molecule has 1 aromatic carbocycles. The molecule has 0 bridgehead atoms. The first-order valence-corrected chi connectivity index (χ1v) is 4.47. The van der Waals surface area contributed by atoms with Crippen molar-refractivity contribution in [1.82, 2.24) is 4.98 Å². The minimum Gasteiger partial charge on any atom is -0.316 e. The molecule has 16 heavy (non-hydrogen) atoms. The molecule has 1 heterocycles. The topological polar surface area (TPSA) is 76.0 Å². The number of nitro groups is 1. The van der Waals surface area contributed by atoms with Crippen LogP contribution >= 0.6 is 0 Å². The molecule has 0 unspecified atom stereocenters. The number of aryl methyl sites for hydroxylation is 1. The SMILES string of the molecule is Cc1c(F)cc([N+](=O)[O-])c2[nH]c(=O)ccc12.